The smallest absolute Gasteiger partial charge is 0.256 e. The second-order valence-electron chi connectivity index (χ2n) is 7.37. The first-order chi connectivity index (χ1) is 14.6. The van der Waals surface area contributed by atoms with Crippen molar-refractivity contribution in [3.05, 3.63) is 36.2 Å². The molecule has 30 heavy (non-hydrogen) atoms. The molecular formula is C20H25N7O3. The van der Waals surface area contributed by atoms with Gasteiger partial charge >= 0.3 is 0 Å². The number of amides is 1. The summed E-state index contributed by atoms with van der Waals surface area (Å²) in [6.45, 7) is 2.22. The van der Waals surface area contributed by atoms with E-state index in [4.69, 9.17) is 9.84 Å². The van der Waals surface area contributed by atoms with Crippen molar-refractivity contribution in [2.75, 3.05) is 30.8 Å². The summed E-state index contributed by atoms with van der Waals surface area (Å²) in [5, 5.41) is 22.6. The number of aliphatic hydroxyl groups excluding tert-OH is 1. The number of anilines is 3. The first-order valence-electron chi connectivity index (χ1n) is 9.93. The fourth-order valence-corrected chi connectivity index (χ4v) is 2.85. The molecule has 10 nitrogen and oxygen atoms in total. The molecule has 0 spiro atoms. The summed E-state index contributed by atoms with van der Waals surface area (Å²) >= 11 is 0. The molecule has 0 aromatic carbocycles. The van der Waals surface area contributed by atoms with Gasteiger partial charge in [0.1, 0.15) is 29.0 Å². The zero-order valence-electron chi connectivity index (χ0n) is 16.9. The van der Waals surface area contributed by atoms with Gasteiger partial charge in [0, 0.05) is 32.5 Å². The van der Waals surface area contributed by atoms with Crippen LogP contribution in [0.15, 0.2) is 30.6 Å². The number of aromatic nitrogens is 4. The molecule has 4 rings (SSSR count). The van der Waals surface area contributed by atoms with Crippen LogP contribution in [0.25, 0.3) is 5.65 Å². The normalized spacial score (nSPS) is 14.4. The van der Waals surface area contributed by atoms with Crippen LogP contribution in [-0.4, -0.2) is 56.9 Å². The first kappa shape index (κ1) is 19.9. The van der Waals surface area contributed by atoms with E-state index in [1.165, 1.54) is 6.20 Å². The highest BCUT2D eigenvalue weighted by molar-refractivity contribution is 6.00. The van der Waals surface area contributed by atoms with Crippen molar-refractivity contribution in [3.63, 3.8) is 0 Å². The zero-order chi connectivity index (χ0) is 21.1. The Kier molecular flexibility index (Phi) is 5.66. The number of carbonyl (C=O) groups is 1. The van der Waals surface area contributed by atoms with Gasteiger partial charge < -0.3 is 25.8 Å². The predicted molar refractivity (Wildman–Crippen MR) is 112 cm³/mol. The number of ether oxygens (including phenoxy) is 1. The van der Waals surface area contributed by atoms with Crippen molar-refractivity contribution >= 4 is 28.9 Å². The van der Waals surface area contributed by atoms with E-state index in [2.05, 4.69) is 31.0 Å². The SMILES string of the molecule is CNc1cc(Nc2cccnc2OC2CC2)nc2c(C(=O)NCC(C)CO)cnn12. The van der Waals surface area contributed by atoms with Gasteiger partial charge in [-0.05, 0) is 30.9 Å². The van der Waals surface area contributed by atoms with E-state index >= 15 is 0 Å². The summed E-state index contributed by atoms with van der Waals surface area (Å²) in [6.07, 6.45) is 5.46. The molecule has 0 aliphatic heterocycles. The lowest BCUT2D eigenvalue weighted by Crippen LogP contribution is -2.29. The Morgan fingerprint density at radius 3 is 3.00 bits per heavy atom. The number of aliphatic hydroxyl groups is 1. The number of hydrogen-bond donors (Lipinski definition) is 4. The number of carbonyl (C=O) groups excluding carboxylic acids is 1. The molecule has 0 bridgehead atoms. The van der Waals surface area contributed by atoms with E-state index in [-0.39, 0.29) is 24.5 Å². The number of pyridine rings is 1. The maximum absolute atomic E-state index is 12.6. The highest BCUT2D eigenvalue weighted by atomic mass is 16.5. The van der Waals surface area contributed by atoms with Gasteiger partial charge in [-0.3, -0.25) is 4.79 Å². The van der Waals surface area contributed by atoms with Crippen LogP contribution >= 0.6 is 0 Å². The molecule has 0 radical (unpaired) electrons. The Morgan fingerprint density at radius 2 is 2.27 bits per heavy atom. The molecule has 1 amide bonds. The number of fused-ring (bicyclic) bond motifs is 1. The summed E-state index contributed by atoms with van der Waals surface area (Å²) in [7, 11) is 1.77. The molecule has 158 valence electrons. The monoisotopic (exact) mass is 411 g/mol. The third kappa shape index (κ3) is 4.28. The van der Waals surface area contributed by atoms with E-state index in [1.54, 1.807) is 23.8 Å². The summed E-state index contributed by atoms with van der Waals surface area (Å²) < 4.78 is 7.44. The van der Waals surface area contributed by atoms with Crippen molar-refractivity contribution in [1.29, 1.82) is 0 Å². The van der Waals surface area contributed by atoms with E-state index in [9.17, 15) is 4.79 Å². The Labute approximate surface area is 173 Å². The second kappa shape index (κ2) is 8.54. The minimum absolute atomic E-state index is 0.00162. The van der Waals surface area contributed by atoms with Crippen LogP contribution in [0.5, 0.6) is 5.88 Å². The van der Waals surface area contributed by atoms with Gasteiger partial charge in [0.15, 0.2) is 5.65 Å². The molecule has 3 aromatic heterocycles. The number of nitrogens with one attached hydrogen (secondary N) is 3. The molecule has 3 heterocycles. The van der Waals surface area contributed by atoms with E-state index in [0.29, 0.717) is 41.0 Å². The Morgan fingerprint density at radius 1 is 1.43 bits per heavy atom. The molecule has 1 saturated carbocycles. The van der Waals surface area contributed by atoms with Crippen molar-refractivity contribution in [3.8, 4) is 5.88 Å². The predicted octanol–water partition coefficient (Wildman–Crippen LogP) is 1.81. The summed E-state index contributed by atoms with van der Waals surface area (Å²) in [6, 6.07) is 5.49. The van der Waals surface area contributed by atoms with Gasteiger partial charge in [-0.25, -0.2) is 9.97 Å². The number of nitrogens with zero attached hydrogens (tertiary/aromatic N) is 4. The Bertz CT molecular complexity index is 1050. The van der Waals surface area contributed by atoms with Gasteiger partial charge in [-0.15, -0.1) is 0 Å². The average molecular weight is 411 g/mol. The number of hydrogen-bond acceptors (Lipinski definition) is 8. The minimum Gasteiger partial charge on any atom is -0.473 e. The second-order valence-corrected chi connectivity index (χ2v) is 7.37. The maximum Gasteiger partial charge on any atom is 0.256 e. The highest BCUT2D eigenvalue weighted by Gasteiger charge is 2.25. The molecule has 1 aliphatic carbocycles. The van der Waals surface area contributed by atoms with Crippen LogP contribution < -0.4 is 20.7 Å². The van der Waals surface area contributed by atoms with Crippen LogP contribution in [0.1, 0.15) is 30.1 Å². The van der Waals surface area contributed by atoms with Gasteiger partial charge in [-0.1, -0.05) is 6.92 Å². The topological polar surface area (TPSA) is 126 Å². The fourth-order valence-electron chi connectivity index (χ4n) is 2.85. The van der Waals surface area contributed by atoms with Crippen LogP contribution in [0, 0.1) is 5.92 Å². The van der Waals surface area contributed by atoms with E-state index < -0.39 is 0 Å². The molecular weight excluding hydrogens is 386 g/mol. The maximum atomic E-state index is 12.6. The Hall–Kier alpha value is -3.40. The lowest BCUT2D eigenvalue weighted by atomic mass is 10.2. The molecule has 10 heteroatoms. The summed E-state index contributed by atoms with van der Waals surface area (Å²) in [5.74, 6) is 1.38. The summed E-state index contributed by atoms with van der Waals surface area (Å²) in [4.78, 5) is 21.5. The largest absolute Gasteiger partial charge is 0.473 e. The van der Waals surface area contributed by atoms with Crippen molar-refractivity contribution in [2.24, 2.45) is 5.92 Å². The fraction of sp³-hybridized carbons (Fsp3) is 0.400. The third-order valence-corrected chi connectivity index (χ3v) is 4.73. The molecule has 1 atom stereocenters. The van der Waals surface area contributed by atoms with Crippen molar-refractivity contribution in [2.45, 2.75) is 25.9 Å². The van der Waals surface area contributed by atoms with Crippen LogP contribution in [0.2, 0.25) is 0 Å². The third-order valence-electron chi connectivity index (χ3n) is 4.73. The van der Waals surface area contributed by atoms with E-state index in [0.717, 1.165) is 12.8 Å². The van der Waals surface area contributed by atoms with Crippen molar-refractivity contribution < 1.29 is 14.6 Å². The average Bonchev–Trinajstić information content (AvgIpc) is 3.48. The zero-order valence-corrected chi connectivity index (χ0v) is 16.9. The van der Waals surface area contributed by atoms with Gasteiger partial charge in [0.2, 0.25) is 5.88 Å². The lowest BCUT2D eigenvalue weighted by Gasteiger charge is -2.13. The molecule has 1 fully saturated rings. The van der Waals surface area contributed by atoms with Crippen molar-refractivity contribution in [1.82, 2.24) is 24.9 Å². The lowest BCUT2D eigenvalue weighted by molar-refractivity contribution is 0.0943. The minimum atomic E-state index is -0.295. The van der Waals surface area contributed by atoms with Crippen LogP contribution in [0.3, 0.4) is 0 Å². The quantitative estimate of drug-likeness (QED) is 0.420. The van der Waals surface area contributed by atoms with Crippen LogP contribution in [0.4, 0.5) is 17.3 Å². The van der Waals surface area contributed by atoms with Gasteiger partial charge in [0.05, 0.1) is 6.20 Å². The molecule has 1 unspecified atom stereocenters. The molecule has 0 saturated heterocycles. The summed E-state index contributed by atoms with van der Waals surface area (Å²) in [5.41, 5.74) is 1.46. The van der Waals surface area contributed by atoms with Gasteiger partial charge in [0.25, 0.3) is 5.91 Å². The molecule has 3 aromatic rings. The van der Waals surface area contributed by atoms with Gasteiger partial charge in [-0.2, -0.15) is 9.61 Å². The molecule has 4 N–H and O–H groups in total. The Balaban J connectivity index is 1.64. The highest BCUT2D eigenvalue weighted by Crippen LogP contribution is 2.32. The standard InChI is InChI=1S/C20H25N7O3/c1-12(11-28)9-23-19(29)14-10-24-27-17(21-2)8-16(26-18(14)27)25-15-4-3-7-22-20(15)30-13-5-6-13/h3-4,7-8,10,12-13,21,28H,5-6,9,11H2,1-2H3,(H,23,29)(H,25,26). The first-order valence-corrected chi connectivity index (χ1v) is 9.93. The van der Waals surface area contributed by atoms with Crippen LogP contribution in [-0.2, 0) is 0 Å². The van der Waals surface area contributed by atoms with E-state index in [1.807, 2.05) is 19.1 Å². The molecule has 1 aliphatic rings. The number of rotatable bonds is 9.